The summed E-state index contributed by atoms with van der Waals surface area (Å²) in [6.07, 6.45) is 0.00924. The fraction of sp³-hybridized carbons (Fsp3) is 0.389. The van der Waals surface area contributed by atoms with Crippen LogP contribution >= 0.6 is 11.3 Å². The Kier molecular flexibility index (Phi) is 7.31. The molecule has 2 aromatic rings. The third-order valence-electron chi connectivity index (χ3n) is 4.20. The van der Waals surface area contributed by atoms with Crippen LogP contribution in [0.1, 0.15) is 16.1 Å². The van der Waals surface area contributed by atoms with Gasteiger partial charge in [-0.25, -0.2) is 13.4 Å². The smallest absolute Gasteiger partial charge is 0.257 e. The second kappa shape index (κ2) is 9.92. The molecule has 0 aliphatic carbocycles. The quantitative estimate of drug-likeness (QED) is 0.627. The van der Waals surface area contributed by atoms with Gasteiger partial charge in [-0.15, -0.1) is 11.3 Å². The Morgan fingerprint density at radius 3 is 2.62 bits per heavy atom. The largest absolute Gasteiger partial charge is 0.379 e. The Labute approximate surface area is 173 Å². The van der Waals surface area contributed by atoms with Crippen molar-refractivity contribution in [1.82, 2.24) is 14.6 Å². The summed E-state index contributed by atoms with van der Waals surface area (Å²) >= 11 is 1.22. The standard InChI is InChI=1S/C18H22N4O5S2/c23-16(19-6-11-29(25,26)22-7-9-27-10-8-22)12-15-13-28-18(20-15)21-17(24)14-4-2-1-3-5-14/h1-5,13H,6-12H2,(H,19,23)(H,20,21,24). The molecule has 1 saturated heterocycles. The van der Waals surface area contributed by atoms with E-state index in [1.165, 1.54) is 15.6 Å². The van der Waals surface area contributed by atoms with Crippen LogP contribution in [0.25, 0.3) is 0 Å². The summed E-state index contributed by atoms with van der Waals surface area (Å²) in [6.45, 7) is 1.48. The van der Waals surface area contributed by atoms with Crippen molar-refractivity contribution in [2.24, 2.45) is 0 Å². The number of rotatable bonds is 8. The summed E-state index contributed by atoms with van der Waals surface area (Å²) in [5.41, 5.74) is 1.02. The number of carbonyl (C=O) groups excluding carboxylic acids is 2. The molecule has 1 aromatic heterocycles. The van der Waals surface area contributed by atoms with Crippen molar-refractivity contribution in [2.75, 3.05) is 43.9 Å². The Balaban J connectivity index is 1.43. The average molecular weight is 439 g/mol. The van der Waals surface area contributed by atoms with Gasteiger partial charge < -0.3 is 10.1 Å². The summed E-state index contributed by atoms with van der Waals surface area (Å²) in [7, 11) is -3.41. The molecule has 9 nitrogen and oxygen atoms in total. The maximum Gasteiger partial charge on any atom is 0.257 e. The Morgan fingerprint density at radius 2 is 1.90 bits per heavy atom. The molecule has 1 fully saturated rings. The molecule has 1 aliphatic rings. The van der Waals surface area contributed by atoms with Crippen LogP contribution in [0.5, 0.6) is 0 Å². The lowest BCUT2D eigenvalue weighted by molar-refractivity contribution is -0.120. The van der Waals surface area contributed by atoms with Crippen molar-refractivity contribution >= 4 is 38.3 Å². The van der Waals surface area contributed by atoms with E-state index in [9.17, 15) is 18.0 Å². The van der Waals surface area contributed by atoms with Crippen LogP contribution in [0, 0.1) is 0 Å². The predicted molar refractivity (Wildman–Crippen MR) is 109 cm³/mol. The summed E-state index contributed by atoms with van der Waals surface area (Å²) < 4.78 is 31.0. The van der Waals surface area contributed by atoms with Gasteiger partial charge in [-0.05, 0) is 12.1 Å². The topological polar surface area (TPSA) is 118 Å². The van der Waals surface area contributed by atoms with Crippen LogP contribution < -0.4 is 10.6 Å². The first-order chi connectivity index (χ1) is 13.9. The third-order valence-corrected chi connectivity index (χ3v) is 6.87. The normalized spacial score (nSPS) is 15.0. The zero-order chi connectivity index (χ0) is 20.7. The number of hydrogen-bond donors (Lipinski definition) is 2. The number of nitrogens with one attached hydrogen (secondary N) is 2. The van der Waals surface area contributed by atoms with Gasteiger partial charge in [0.1, 0.15) is 0 Å². The third kappa shape index (κ3) is 6.32. The number of hydrogen-bond acceptors (Lipinski definition) is 7. The van der Waals surface area contributed by atoms with E-state index in [0.717, 1.165) is 0 Å². The molecule has 2 N–H and O–H groups in total. The lowest BCUT2D eigenvalue weighted by atomic mass is 10.2. The van der Waals surface area contributed by atoms with Gasteiger partial charge >= 0.3 is 0 Å². The van der Waals surface area contributed by atoms with E-state index in [1.54, 1.807) is 29.6 Å². The number of aromatic nitrogens is 1. The molecule has 2 amide bonds. The fourth-order valence-electron chi connectivity index (χ4n) is 2.70. The summed E-state index contributed by atoms with van der Waals surface area (Å²) in [6, 6.07) is 8.76. The first-order valence-electron chi connectivity index (χ1n) is 9.07. The van der Waals surface area contributed by atoms with Crippen LogP contribution in [-0.4, -0.2) is 68.1 Å². The van der Waals surface area contributed by atoms with E-state index < -0.39 is 10.0 Å². The number of benzene rings is 1. The molecule has 0 saturated carbocycles. The zero-order valence-corrected chi connectivity index (χ0v) is 17.3. The monoisotopic (exact) mass is 438 g/mol. The average Bonchev–Trinajstić information content (AvgIpc) is 3.15. The van der Waals surface area contributed by atoms with Gasteiger partial charge in [-0.3, -0.25) is 14.9 Å². The van der Waals surface area contributed by atoms with Gasteiger partial charge in [0.05, 0.1) is 31.1 Å². The van der Waals surface area contributed by atoms with Gasteiger partial charge in [0.25, 0.3) is 5.91 Å². The second-order valence-electron chi connectivity index (χ2n) is 6.32. The van der Waals surface area contributed by atoms with Gasteiger partial charge in [0.15, 0.2) is 5.13 Å². The summed E-state index contributed by atoms with van der Waals surface area (Å²) in [5.74, 6) is -0.758. The first kappa shape index (κ1) is 21.4. The highest BCUT2D eigenvalue weighted by Crippen LogP contribution is 2.17. The van der Waals surface area contributed by atoms with Crippen LogP contribution in [0.4, 0.5) is 5.13 Å². The van der Waals surface area contributed by atoms with E-state index in [2.05, 4.69) is 15.6 Å². The van der Waals surface area contributed by atoms with Crippen molar-refractivity contribution < 1.29 is 22.7 Å². The van der Waals surface area contributed by atoms with Gasteiger partial charge in [0.2, 0.25) is 15.9 Å². The number of thiazole rings is 1. The molecule has 29 heavy (non-hydrogen) atoms. The molecule has 0 unspecified atom stereocenters. The number of sulfonamides is 1. The number of anilines is 1. The second-order valence-corrected chi connectivity index (χ2v) is 9.26. The van der Waals surface area contributed by atoms with Crippen LogP contribution in [-0.2, 0) is 26.0 Å². The zero-order valence-electron chi connectivity index (χ0n) is 15.7. The molecular weight excluding hydrogens is 416 g/mol. The minimum atomic E-state index is -3.41. The molecule has 3 rings (SSSR count). The van der Waals surface area contributed by atoms with Crippen molar-refractivity contribution in [3.63, 3.8) is 0 Å². The maximum atomic E-state index is 12.2. The van der Waals surface area contributed by atoms with E-state index >= 15 is 0 Å². The number of amides is 2. The SMILES string of the molecule is O=C(Cc1csc(NC(=O)c2ccccc2)n1)NCCS(=O)(=O)N1CCOCC1. The molecule has 0 spiro atoms. The predicted octanol–water partition coefficient (Wildman–Crippen LogP) is 0.716. The molecule has 0 atom stereocenters. The van der Waals surface area contributed by atoms with Crippen molar-refractivity contribution in [1.29, 1.82) is 0 Å². The number of carbonyl (C=O) groups is 2. The van der Waals surface area contributed by atoms with Crippen molar-refractivity contribution in [2.45, 2.75) is 6.42 Å². The highest BCUT2D eigenvalue weighted by Gasteiger charge is 2.24. The minimum Gasteiger partial charge on any atom is -0.379 e. The molecule has 156 valence electrons. The van der Waals surface area contributed by atoms with Gasteiger partial charge in [0, 0.05) is 30.6 Å². The lowest BCUT2D eigenvalue weighted by Gasteiger charge is -2.26. The fourth-order valence-corrected chi connectivity index (χ4v) is 4.73. The van der Waals surface area contributed by atoms with Crippen LogP contribution in [0.3, 0.4) is 0 Å². The molecular formula is C18H22N4O5S2. The van der Waals surface area contributed by atoms with E-state index in [1.807, 2.05) is 6.07 Å². The van der Waals surface area contributed by atoms with Crippen molar-refractivity contribution in [3.8, 4) is 0 Å². The van der Waals surface area contributed by atoms with E-state index in [4.69, 9.17) is 4.74 Å². The molecule has 0 bridgehead atoms. The highest BCUT2D eigenvalue weighted by molar-refractivity contribution is 7.89. The molecule has 2 heterocycles. The van der Waals surface area contributed by atoms with Gasteiger partial charge in [-0.2, -0.15) is 4.31 Å². The summed E-state index contributed by atoms with van der Waals surface area (Å²) in [5, 5.41) is 7.38. The number of morpholine rings is 1. The lowest BCUT2D eigenvalue weighted by Crippen LogP contribution is -2.43. The Bertz CT molecular complexity index is 940. The maximum absolute atomic E-state index is 12.2. The van der Waals surface area contributed by atoms with E-state index in [-0.39, 0.29) is 30.5 Å². The highest BCUT2D eigenvalue weighted by atomic mass is 32.2. The van der Waals surface area contributed by atoms with Crippen molar-refractivity contribution in [3.05, 3.63) is 47.0 Å². The molecule has 0 radical (unpaired) electrons. The number of ether oxygens (including phenoxy) is 1. The van der Waals surface area contributed by atoms with Crippen LogP contribution in [0.2, 0.25) is 0 Å². The first-order valence-corrected chi connectivity index (χ1v) is 11.6. The molecule has 11 heteroatoms. The minimum absolute atomic E-state index is 0.00924. The molecule has 1 aromatic carbocycles. The Morgan fingerprint density at radius 1 is 1.17 bits per heavy atom. The summed E-state index contributed by atoms with van der Waals surface area (Å²) in [4.78, 5) is 28.4. The van der Waals surface area contributed by atoms with Crippen LogP contribution in [0.15, 0.2) is 35.7 Å². The van der Waals surface area contributed by atoms with E-state index in [0.29, 0.717) is 42.7 Å². The van der Waals surface area contributed by atoms with Gasteiger partial charge in [-0.1, -0.05) is 18.2 Å². The number of nitrogens with zero attached hydrogens (tertiary/aromatic N) is 2. The Hall–Kier alpha value is -2.34. The molecule has 1 aliphatic heterocycles.